The lowest BCUT2D eigenvalue weighted by molar-refractivity contribution is 0.102. The fourth-order valence-electron chi connectivity index (χ4n) is 3.35. The lowest BCUT2D eigenvalue weighted by atomic mass is 9.99. The molecule has 26 heavy (non-hydrogen) atoms. The van der Waals surface area contributed by atoms with Crippen LogP contribution in [0, 0.1) is 0 Å². The minimum absolute atomic E-state index is 0. The van der Waals surface area contributed by atoms with Crippen molar-refractivity contribution in [1.82, 2.24) is 0 Å². The molecule has 0 bridgehead atoms. The minimum atomic E-state index is -0.268. The quantitative estimate of drug-likeness (QED) is 0.704. The van der Waals surface area contributed by atoms with Crippen LogP contribution >= 0.6 is 12.4 Å². The summed E-state index contributed by atoms with van der Waals surface area (Å²) in [5.41, 5.74) is 10.1. The van der Waals surface area contributed by atoms with Crippen molar-refractivity contribution < 1.29 is 4.79 Å². The fourth-order valence-corrected chi connectivity index (χ4v) is 3.35. The second-order valence-corrected chi connectivity index (χ2v) is 6.61. The first-order valence-electron chi connectivity index (χ1n) is 8.47. The Bertz CT molecular complexity index is 881. The average Bonchev–Trinajstić information content (AvgIpc) is 3.37. The number of hydrogen-bond acceptors (Lipinski definition) is 2. The molecular formula is C22H21ClN2O. The van der Waals surface area contributed by atoms with Crippen LogP contribution in [0.25, 0.3) is 0 Å². The second kappa shape index (κ2) is 7.32. The molecule has 132 valence electrons. The van der Waals surface area contributed by atoms with E-state index in [0.717, 1.165) is 12.1 Å². The molecule has 0 spiro atoms. The second-order valence-electron chi connectivity index (χ2n) is 6.61. The van der Waals surface area contributed by atoms with Crippen LogP contribution in [0.4, 0.5) is 5.69 Å². The molecule has 3 N–H and O–H groups in total. The molecule has 3 nitrogen and oxygen atoms in total. The Morgan fingerprint density at radius 1 is 0.885 bits per heavy atom. The zero-order valence-corrected chi connectivity index (χ0v) is 15.1. The molecule has 0 radical (unpaired) electrons. The molecule has 1 fully saturated rings. The van der Waals surface area contributed by atoms with Crippen molar-refractivity contribution in [2.45, 2.75) is 17.9 Å². The molecule has 4 rings (SSSR count). The Morgan fingerprint density at radius 3 is 2.08 bits per heavy atom. The third-order valence-electron chi connectivity index (χ3n) is 4.92. The van der Waals surface area contributed by atoms with E-state index in [9.17, 15) is 4.79 Å². The summed E-state index contributed by atoms with van der Waals surface area (Å²) >= 11 is 0. The van der Waals surface area contributed by atoms with Gasteiger partial charge in [-0.2, -0.15) is 0 Å². The number of nitrogens with two attached hydrogens (primary N) is 1. The third-order valence-corrected chi connectivity index (χ3v) is 4.92. The van der Waals surface area contributed by atoms with Crippen molar-refractivity contribution in [2.24, 2.45) is 5.73 Å². The Balaban J connectivity index is 0.00000196. The van der Waals surface area contributed by atoms with E-state index in [1.54, 1.807) is 12.1 Å². The molecule has 3 aromatic rings. The summed E-state index contributed by atoms with van der Waals surface area (Å²) < 4.78 is 0. The average molecular weight is 365 g/mol. The van der Waals surface area contributed by atoms with Crippen LogP contribution in [-0.2, 0) is 5.54 Å². The van der Waals surface area contributed by atoms with Crippen LogP contribution in [0.1, 0.15) is 33.8 Å². The van der Waals surface area contributed by atoms with E-state index in [4.69, 9.17) is 5.73 Å². The van der Waals surface area contributed by atoms with Gasteiger partial charge in [-0.05, 0) is 41.8 Å². The molecule has 0 aromatic heterocycles. The molecular weight excluding hydrogens is 344 g/mol. The van der Waals surface area contributed by atoms with Gasteiger partial charge in [-0.3, -0.25) is 4.79 Å². The highest BCUT2D eigenvalue weighted by atomic mass is 35.5. The highest BCUT2D eigenvalue weighted by Gasteiger charge is 2.52. The third kappa shape index (κ3) is 3.50. The van der Waals surface area contributed by atoms with Crippen molar-refractivity contribution in [2.75, 3.05) is 5.32 Å². The number of amides is 1. The maximum Gasteiger partial charge on any atom is 0.255 e. The molecule has 0 heterocycles. The number of benzene rings is 3. The minimum Gasteiger partial charge on any atom is -0.322 e. The number of rotatable bonds is 4. The lowest BCUT2D eigenvalue weighted by Gasteiger charge is -2.12. The number of carbonyl (C=O) groups is 1. The van der Waals surface area contributed by atoms with Gasteiger partial charge < -0.3 is 11.1 Å². The first-order valence-corrected chi connectivity index (χ1v) is 8.47. The van der Waals surface area contributed by atoms with Crippen LogP contribution in [0.3, 0.4) is 0 Å². The van der Waals surface area contributed by atoms with Gasteiger partial charge in [0.05, 0.1) is 0 Å². The summed E-state index contributed by atoms with van der Waals surface area (Å²) in [7, 11) is 0. The highest BCUT2D eigenvalue weighted by molar-refractivity contribution is 6.04. The predicted molar refractivity (Wildman–Crippen MR) is 108 cm³/mol. The summed E-state index contributed by atoms with van der Waals surface area (Å²) in [6, 6.07) is 27.5. The first-order chi connectivity index (χ1) is 12.2. The van der Waals surface area contributed by atoms with Crippen LogP contribution in [0.2, 0.25) is 0 Å². The Kier molecular flexibility index (Phi) is 5.12. The summed E-state index contributed by atoms with van der Waals surface area (Å²) in [6.07, 6.45) is 0.951. The number of halogens is 1. The monoisotopic (exact) mass is 364 g/mol. The molecule has 2 unspecified atom stereocenters. The standard InChI is InChI=1S/C22H20N2O.ClH/c23-22(18-9-5-2-6-10-18)15-20(22)16-11-13-19(14-12-16)24-21(25)17-7-3-1-4-8-17;/h1-14,20H,15,23H2,(H,24,25);1H. The number of nitrogens with one attached hydrogen (secondary N) is 1. The van der Waals surface area contributed by atoms with Crippen molar-refractivity contribution in [3.8, 4) is 0 Å². The van der Waals surface area contributed by atoms with Crippen molar-refractivity contribution in [1.29, 1.82) is 0 Å². The van der Waals surface area contributed by atoms with Crippen LogP contribution in [0.15, 0.2) is 84.9 Å². The van der Waals surface area contributed by atoms with Crippen LogP contribution in [0.5, 0.6) is 0 Å². The van der Waals surface area contributed by atoms with E-state index in [1.807, 2.05) is 48.5 Å². The molecule has 1 amide bonds. The molecule has 1 saturated carbocycles. The lowest BCUT2D eigenvalue weighted by Crippen LogP contribution is -2.21. The summed E-state index contributed by atoms with van der Waals surface area (Å²) in [5, 5.41) is 2.93. The van der Waals surface area contributed by atoms with E-state index in [1.165, 1.54) is 11.1 Å². The molecule has 4 heteroatoms. The van der Waals surface area contributed by atoms with Gasteiger partial charge in [0, 0.05) is 22.7 Å². The zero-order chi connectivity index (χ0) is 17.3. The van der Waals surface area contributed by atoms with E-state index in [-0.39, 0.29) is 23.9 Å². The maximum absolute atomic E-state index is 12.2. The molecule has 2 atom stereocenters. The first kappa shape index (κ1) is 18.2. The van der Waals surface area contributed by atoms with Gasteiger partial charge in [0.15, 0.2) is 0 Å². The Morgan fingerprint density at radius 2 is 1.46 bits per heavy atom. The smallest absolute Gasteiger partial charge is 0.255 e. The van der Waals surface area contributed by atoms with Crippen molar-refractivity contribution >= 4 is 24.0 Å². The van der Waals surface area contributed by atoms with Gasteiger partial charge in [-0.1, -0.05) is 60.7 Å². The van der Waals surface area contributed by atoms with Gasteiger partial charge in [0.25, 0.3) is 5.91 Å². The van der Waals surface area contributed by atoms with Gasteiger partial charge in [-0.15, -0.1) is 12.4 Å². The Labute approximate surface area is 159 Å². The normalized spacial score (nSPS) is 20.7. The zero-order valence-electron chi connectivity index (χ0n) is 14.3. The summed E-state index contributed by atoms with van der Waals surface area (Å²) in [4.78, 5) is 12.2. The van der Waals surface area contributed by atoms with Crippen LogP contribution in [-0.4, -0.2) is 5.91 Å². The van der Waals surface area contributed by atoms with Gasteiger partial charge in [0.2, 0.25) is 0 Å². The van der Waals surface area contributed by atoms with Gasteiger partial charge >= 0.3 is 0 Å². The molecule has 0 saturated heterocycles. The number of anilines is 1. The van der Waals surface area contributed by atoms with E-state index in [0.29, 0.717) is 11.5 Å². The molecule has 3 aromatic carbocycles. The van der Waals surface area contributed by atoms with Crippen molar-refractivity contribution in [3.05, 3.63) is 102 Å². The molecule has 1 aliphatic rings. The summed E-state index contributed by atoms with van der Waals surface area (Å²) in [6.45, 7) is 0. The van der Waals surface area contributed by atoms with E-state index < -0.39 is 0 Å². The SMILES string of the molecule is Cl.NC1(c2ccccc2)CC1c1ccc(NC(=O)c2ccccc2)cc1. The highest BCUT2D eigenvalue weighted by Crippen LogP contribution is 2.56. The topological polar surface area (TPSA) is 55.1 Å². The number of hydrogen-bond donors (Lipinski definition) is 2. The van der Waals surface area contributed by atoms with Gasteiger partial charge in [0.1, 0.15) is 0 Å². The van der Waals surface area contributed by atoms with E-state index in [2.05, 4.69) is 29.6 Å². The largest absolute Gasteiger partial charge is 0.322 e. The molecule has 1 aliphatic carbocycles. The van der Waals surface area contributed by atoms with E-state index >= 15 is 0 Å². The van der Waals surface area contributed by atoms with Crippen LogP contribution < -0.4 is 11.1 Å². The predicted octanol–water partition coefficient (Wildman–Crippen LogP) is 4.70. The van der Waals surface area contributed by atoms with Gasteiger partial charge in [-0.25, -0.2) is 0 Å². The van der Waals surface area contributed by atoms with Crippen molar-refractivity contribution in [3.63, 3.8) is 0 Å². The fraction of sp³-hybridized carbons (Fsp3) is 0.136. The maximum atomic E-state index is 12.2. The summed E-state index contributed by atoms with van der Waals surface area (Å²) in [5.74, 6) is 0.228. The Hall–Kier alpha value is -2.62. The number of carbonyl (C=O) groups excluding carboxylic acids is 1. The molecule has 0 aliphatic heterocycles.